The first-order chi connectivity index (χ1) is 5.77. The van der Waals surface area contributed by atoms with Crippen LogP contribution in [0.4, 0.5) is 0 Å². The van der Waals surface area contributed by atoms with Crippen LogP contribution in [0.1, 0.15) is 39.0 Å². The van der Waals surface area contributed by atoms with E-state index in [9.17, 15) is 5.11 Å². The molecular formula is C10H18O2. The van der Waals surface area contributed by atoms with Crippen molar-refractivity contribution >= 4 is 0 Å². The van der Waals surface area contributed by atoms with Crippen LogP contribution in [-0.4, -0.2) is 23.4 Å². The molecule has 0 bridgehead atoms. The van der Waals surface area contributed by atoms with Gasteiger partial charge in [-0.1, -0.05) is 12.8 Å². The molecule has 2 aliphatic rings. The second-order valence-corrected chi connectivity index (χ2v) is 4.24. The second kappa shape index (κ2) is 3.35. The zero-order chi connectivity index (χ0) is 8.55. The summed E-state index contributed by atoms with van der Waals surface area (Å²) >= 11 is 0. The second-order valence-electron chi connectivity index (χ2n) is 4.24. The Labute approximate surface area is 73.9 Å². The lowest BCUT2D eigenvalue weighted by Crippen LogP contribution is -2.44. The molecule has 1 aliphatic carbocycles. The van der Waals surface area contributed by atoms with Gasteiger partial charge in [-0.05, 0) is 26.2 Å². The Bertz CT molecular complexity index is 158. The van der Waals surface area contributed by atoms with Crippen molar-refractivity contribution in [2.24, 2.45) is 5.92 Å². The first kappa shape index (κ1) is 8.52. The molecule has 70 valence electrons. The van der Waals surface area contributed by atoms with E-state index in [2.05, 4.69) is 6.92 Å². The monoisotopic (exact) mass is 170 g/mol. The third-order valence-corrected chi connectivity index (χ3v) is 3.23. The molecule has 0 radical (unpaired) electrons. The molecule has 1 N–H and O–H groups in total. The van der Waals surface area contributed by atoms with E-state index in [1.165, 1.54) is 19.3 Å². The number of rotatable bonds is 0. The number of ether oxygens (including phenoxy) is 1. The van der Waals surface area contributed by atoms with Gasteiger partial charge < -0.3 is 9.84 Å². The van der Waals surface area contributed by atoms with Gasteiger partial charge in [0.1, 0.15) is 0 Å². The lowest BCUT2D eigenvalue weighted by molar-refractivity contribution is -0.142. The molecule has 1 saturated carbocycles. The smallest absolute Gasteiger partial charge is 0.0631 e. The fourth-order valence-corrected chi connectivity index (χ4v) is 2.60. The predicted molar refractivity (Wildman–Crippen MR) is 46.9 cm³/mol. The van der Waals surface area contributed by atoms with Crippen LogP contribution >= 0.6 is 0 Å². The summed E-state index contributed by atoms with van der Waals surface area (Å²) in [7, 11) is 0. The normalized spacial score (nSPS) is 48.5. The van der Waals surface area contributed by atoms with Crippen molar-refractivity contribution in [1.29, 1.82) is 0 Å². The Morgan fingerprint density at radius 2 is 2.00 bits per heavy atom. The summed E-state index contributed by atoms with van der Waals surface area (Å²) in [4.78, 5) is 0. The molecule has 2 heteroatoms. The molecule has 0 unspecified atom stereocenters. The molecule has 4 atom stereocenters. The van der Waals surface area contributed by atoms with E-state index in [4.69, 9.17) is 4.74 Å². The van der Waals surface area contributed by atoms with Crippen LogP contribution in [0.15, 0.2) is 0 Å². The minimum atomic E-state index is -0.0981. The van der Waals surface area contributed by atoms with Gasteiger partial charge in [-0.25, -0.2) is 0 Å². The van der Waals surface area contributed by atoms with Crippen molar-refractivity contribution in [2.75, 3.05) is 0 Å². The molecular weight excluding hydrogens is 152 g/mol. The number of aliphatic hydroxyl groups is 1. The van der Waals surface area contributed by atoms with Crippen LogP contribution in [-0.2, 0) is 4.74 Å². The number of hydrogen-bond acceptors (Lipinski definition) is 2. The highest BCUT2D eigenvalue weighted by molar-refractivity contribution is 4.86. The minimum Gasteiger partial charge on any atom is -0.393 e. The summed E-state index contributed by atoms with van der Waals surface area (Å²) in [5, 5.41) is 9.79. The van der Waals surface area contributed by atoms with E-state index >= 15 is 0 Å². The van der Waals surface area contributed by atoms with Crippen LogP contribution in [0.5, 0.6) is 0 Å². The number of hydrogen-bond donors (Lipinski definition) is 1. The van der Waals surface area contributed by atoms with E-state index in [-0.39, 0.29) is 12.2 Å². The maximum absolute atomic E-state index is 9.79. The Hall–Kier alpha value is -0.0800. The van der Waals surface area contributed by atoms with E-state index in [0.717, 1.165) is 12.8 Å². The summed E-state index contributed by atoms with van der Waals surface area (Å²) in [5.74, 6) is 0.440. The van der Waals surface area contributed by atoms with Gasteiger partial charge in [0.25, 0.3) is 0 Å². The van der Waals surface area contributed by atoms with Crippen LogP contribution < -0.4 is 0 Å². The van der Waals surface area contributed by atoms with E-state index in [1.54, 1.807) is 0 Å². The van der Waals surface area contributed by atoms with Crippen molar-refractivity contribution in [2.45, 2.75) is 57.3 Å². The maximum Gasteiger partial charge on any atom is 0.0631 e. The SMILES string of the molecule is C[C@H]1C[C@@H](O)[C@H]2CCCC[C@H]2O1. The average molecular weight is 170 g/mol. The van der Waals surface area contributed by atoms with Crippen molar-refractivity contribution in [3.05, 3.63) is 0 Å². The summed E-state index contributed by atoms with van der Waals surface area (Å²) in [6.07, 6.45) is 6.23. The molecule has 0 aromatic carbocycles. The quantitative estimate of drug-likeness (QED) is 0.599. The van der Waals surface area contributed by atoms with Crippen molar-refractivity contribution in [3.63, 3.8) is 0 Å². The lowest BCUT2D eigenvalue weighted by Gasteiger charge is -2.41. The van der Waals surface area contributed by atoms with Gasteiger partial charge in [-0.15, -0.1) is 0 Å². The molecule has 1 aliphatic heterocycles. The zero-order valence-electron chi connectivity index (χ0n) is 7.70. The van der Waals surface area contributed by atoms with Crippen LogP contribution in [0, 0.1) is 5.92 Å². The minimum absolute atomic E-state index is 0.0981. The van der Waals surface area contributed by atoms with Gasteiger partial charge in [0.05, 0.1) is 18.3 Å². The van der Waals surface area contributed by atoms with Crippen LogP contribution in [0.25, 0.3) is 0 Å². The molecule has 0 spiro atoms. The van der Waals surface area contributed by atoms with Crippen LogP contribution in [0.3, 0.4) is 0 Å². The number of aliphatic hydroxyl groups excluding tert-OH is 1. The highest BCUT2D eigenvalue weighted by atomic mass is 16.5. The molecule has 0 aromatic rings. The first-order valence-electron chi connectivity index (χ1n) is 5.11. The molecule has 2 rings (SSSR count). The van der Waals surface area contributed by atoms with Crippen molar-refractivity contribution in [1.82, 2.24) is 0 Å². The Kier molecular flexibility index (Phi) is 2.37. The van der Waals surface area contributed by atoms with Gasteiger partial charge >= 0.3 is 0 Å². The molecule has 2 fully saturated rings. The maximum atomic E-state index is 9.79. The summed E-state index contributed by atoms with van der Waals surface area (Å²) in [5.41, 5.74) is 0. The molecule has 2 nitrogen and oxygen atoms in total. The van der Waals surface area contributed by atoms with Gasteiger partial charge in [0.15, 0.2) is 0 Å². The van der Waals surface area contributed by atoms with Crippen molar-refractivity contribution < 1.29 is 9.84 Å². The zero-order valence-corrected chi connectivity index (χ0v) is 7.70. The topological polar surface area (TPSA) is 29.5 Å². The van der Waals surface area contributed by atoms with Gasteiger partial charge in [-0.2, -0.15) is 0 Å². The predicted octanol–water partition coefficient (Wildman–Crippen LogP) is 1.71. The largest absolute Gasteiger partial charge is 0.393 e. The first-order valence-corrected chi connectivity index (χ1v) is 5.11. The fraction of sp³-hybridized carbons (Fsp3) is 1.00. The Morgan fingerprint density at radius 1 is 1.25 bits per heavy atom. The van der Waals surface area contributed by atoms with E-state index in [1.807, 2.05) is 0 Å². The third-order valence-electron chi connectivity index (χ3n) is 3.23. The standard InChI is InChI=1S/C10H18O2/c1-7-6-9(11)8-4-2-3-5-10(8)12-7/h7-11H,2-6H2,1H3/t7-,8+,9+,10+/m0/s1. The highest BCUT2D eigenvalue weighted by Crippen LogP contribution is 2.35. The van der Waals surface area contributed by atoms with Crippen molar-refractivity contribution in [3.8, 4) is 0 Å². The molecule has 12 heavy (non-hydrogen) atoms. The number of fused-ring (bicyclic) bond motifs is 1. The average Bonchev–Trinajstić information content (AvgIpc) is 2.04. The van der Waals surface area contributed by atoms with Gasteiger partial charge in [0.2, 0.25) is 0 Å². The molecule has 1 heterocycles. The Balaban J connectivity index is 2.01. The summed E-state index contributed by atoms with van der Waals surface area (Å²) < 4.78 is 5.80. The van der Waals surface area contributed by atoms with Crippen LogP contribution in [0.2, 0.25) is 0 Å². The summed E-state index contributed by atoms with van der Waals surface area (Å²) in [6.45, 7) is 2.06. The van der Waals surface area contributed by atoms with E-state index < -0.39 is 0 Å². The third kappa shape index (κ3) is 1.50. The summed E-state index contributed by atoms with van der Waals surface area (Å²) in [6, 6.07) is 0. The fourth-order valence-electron chi connectivity index (χ4n) is 2.60. The lowest BCUT2D eigenvalue weighted by atomic mass is 9.79. The van der Waals surface area contributed by atoms with Gasteiger partial charge in [0, 0.05) is 5.92 Å². The van der Waals surface area contributed by atoms with Gasteiger partial charge in [-0.3, -0.25) is 0 Å². The Morgan fingerprint density at radius 3 is 2.83 bits per heavy atom. The molecule has 1 saturated heterocycles. The highest BCUT2D eigenvalue weighted by Gasteiger charge is 2.37. The van der Waals surface area contributed by atoms with E-state index in [0.29, 0.717) is 12.0 Å². The molecule has 0 amide bonds. The molecule has 0 aromatic heterocycles.